The minimum Gasteiger partial charge on any atom is -0.368 e. The third-order valence-corrected chi connectivity index (χ3v) is 3.36. The number of anilines is 1. The summed E-state index contributed by atoms with van der Waals surface area (Å²) in [5.74, 6) is 0.614. The molecule has 7 nitrogen and oxygen atoms in total. The third kappa shape index (κ3) is 4.17. The van der Waals surface area contributed by atoms with Gasteiger partial charge in [0.05, 0.1) is 11.1 Å². The van der Waals surface area contributed by atoms with Gasteiger partial charge >= 0.3 is 0 Å². The van der Waals surface area contributed by atoms with E-state index in [1.165, 1.54) is 13.0 Å². The van der Waals surface area contributed by atoms with Crippen molar-refractivity contribution in [3.05, 3.63) is 48.4 Å². The van der Waals surface area contributed by atoms with E-state index < -0.39 is 5.82 Å². The number of hydrogen-bond acceptors (Lipinski definition) is 6. The van der Waals surface area contributed by atoms with Crippen LogP contribution >= 0.6 is 0 Å². The van der Waals surface area contributed by atoms with E-state index in [4.69, 9.17) is 4.52 Å². The zero-order valence-electron chi connectivity index (χ0n) is 13.5. The van der Waals surface area contributed by atoms with Gasteiger partial charge in [-0.15, -0.1) is 0 Å². The molecule has 2 N–H and O–H groups in total. The zero-order valence-corrected chi connectivity index (χ0v) is 13.5. The van der Waals surface area contributed by atoms with E-state index in [1.807, 2.05) is 0 Å². The van der Waals surface area contributed by atoms with Crippen LogP contribution in [0.3, 0.4) is 0 Å². The third-order valence-electron chi connectivity index (χ3n) is 3.36. The Bertz CT molecular complexity index is 863. The quantitative estimate of drug-likeness (QED) is 0.669. The summed E-state index contributed by atoms with van der Waals surface area (Å²) >= 11 is 0. The lowest BCUT2D eigenvalue weighted by Crippen LogP contribution is -2.26. The molecule has 3 rings (SSSR count). The van der Waals surface area contributed by atoms with Crippen molar-refractivity contribution >= 4 is 11.7 Å². The highest BCUT2D eigenvalue weighted by Gasteiger charge is 2.13. The van der Waals surface area contributed by atoms with Crippen LogP contribution in [0.15, 0.2) is 47.1 Å². The largest absolute Gasteiger partial charge is 0.368 e. The van der Waals surface area contributed by atoms with Crippen molar-refractivity contribution in [3.63, 3.8) is 0 Å². The average molecular weight is 341 g/mol. The first kappa shape index (κ1) is 16.6. The Balaban J connectivity index is 1.67. The molecule has 0 aliphatic heterocycles. The lowest BCUT2D eigenvalue weighted by atomic mass is 10.2. The summed E-state index contributed by atoms with van der Waals surface area (Å²) in [6.07, 6.45) is 1.58. The van der Waals surface area contributed by atoms with Gasteiger partial charge in [0.15, 0.2) is 0 Å². The number of pyridine rings is 1. The van der Waals surface area contributed by atoms with Gasteiger partial charge in [-0.2, -0.15) is 4.98 Å². The number of nitrogens with zero attached hydrogens (tertiary/aromatic N) is 3. The van der Waals surface area contributed by atoms with Crippen LogP contribution in [0.25, 0.3) is 22.8 Å². The predicted octanol–water partition coefficient (Wildman–Crippen LogP) is 2.49. The van der Waals surface area contributed by atoms with E-state index in [0.29, 0.717) is 24.5 Å². The van der Waals surface area contributed by atoms with Gasteiger partial charge in [0.2, 0.25) is 11.7 Å². The number of nitrogens with one attached hydrogen (secondary N) is 2. The van der Waals surface area contributed by atoms with Gasteiger partial charge < -0.3 is 15.2 Å². The molecule has 0 bridgehead atoms. The smallest absolute Gasteiger partial charge is 0.259 e. The Morgan fingerprint density at radius 2 is 2.04 bits per heavy atom. The van der Waals surface area contributed by atoms with Crippen LogP contribution in [-0.4, -0.2) is 34.1 Å². The van der Waals surface area contributed by atoms with Gasteiger partial charge in [-0.25, -0.2) is 9.37 Å². The second-order valence-corrected chi connectivity index (χ2v) is 5.24. The molecule has 2 heterocycles. The van der Waals surface area contributed by atoms with Crippen LogP contribution in [0.2, 0.25) is 0 Å². The van der Waals surface area contributed by atoms with E-state index in [9.17, 15) is 9.18 Å². The van der Waals surface area contributed by atoms with Crippen molar-refractivity contribution in [2.45, 2.75) is 6.92 Å². The molecular formula is C17H16FN5O2. The summed E-state index contributed by atoms with van der Waals surface area (Å²) in [5, 5.41) is 9.57. The number of aromatic nitrogens is 3. The number of benzene rings is 1. The summed E-state index contributed by atoms with van der Waals surface area (Å²) in [7, 11) is 0. The molecule has 8 heteroatoms. The zero-order chi connectivity index (χ0) is 17.6. The molecule has 25 heavy (non-hydrogen) atoms. The van der Waals surface area contributed by atoms with Crippen LogP contribution in [0.1, 0.15) is 6.92 Å². The summed E-state index contributed by atoms with van der Waals surface area (Å²) in [4.78, 5) is 19.2. The first-order valence-corrected chi connectivity index (χ1v) is 7.67. The number of hydrogen-bond donors (Lipinski definition) is 2. The molecule has 0 atom stereocenters. The molecule has 2 aromatic heterocycles. The predicted molar refractivity (Wildman–Crippen MR) is 90.1 cm³/mol. The highest BCUT2D eigenvalue weighted by Crippen LogP contribution is 2.24. The fourth-order valence-electron chi connectivity index (χ4n) is 2.15. The van der Waals surface area contributed by atoms with Crippen molar-refractivity contribution in [1.29, 1.82) is 0 Å². The number of carbonyl (C=O) groups excluding carboxylic acids is 1. The van der Waals surface area contributed by atoms with E-state index in [2.05, 4.69) is 25.8 Å². The second-order valence-electron chi connectivity index (χ2n) is 5.24. The van der Waals surface area contributed by atoms with E-state index in [-0.39, 0.29) is 23.2 Å². The minimum atomic E-state index is -0.410. The Morgan fingerprint density at radius 1 is 1.20 bits per heavy atom. The van der Waals surface area contributed by atoms with Gasteiger partial charge in [0, 0.05) is 26.2 Å². The fourth-order valence-corrected chi connectivity index (χ4v) is 2.15. The van der Waals surface area contributed by atoms with E-state index in [0.717, 1.165) is 0 Å². The molecule has 0 unspecified atom stereocenters. The van der Waals surface area contributed by atoms with Gasteiger partial charge in [-0.05, 0) is 24.3 Å². The normalized spacial score (nSPS) is 10.5. The van der Waals surface area contributed by atoms with Crippen LogP contribution in [-0.2, 0) is 4.79 Å². The Hall–Kier alpha value is -3.29. The molecular weight excluding hydrogens is 325 g/mol. The van der Waals surface area contributed by atoms with Crippen molar-refractivity contribution < 1.29 is 13.7 Å². The standard InChI is InChI=1S/C17H16FN5O2/c1-11(24)19-8-9-20-15-7-6-12(10-21-15)17-22-16(23-25-17)13-4-2-3-5-14(13)18/h2-7,10H,8-9H2,1H3,(H,19,24)(H,20,21). The highest BCUT2D eigenvalue weighted by atomic mass is 19.1. The lowest BCUT2D eigenvalue weighted by Gasteiger charge is -2.05. The SMILES string of the molecule is CC(=O)NCCNc1ccc(-c2nc(-c3ccccc3F)no2)cn1. The molecule has 0 spiro atoms. The van der Waals surface area contributed by atoms with Crippen molar-refractivity contribution in [2.75, 3.05) is 18.4 Å². The molecule has 3 aromatic rings. The van der Waals surface area contributed by atoms with Crippen LogP contribution in [0, 0.1) is 5.82 Å². The molecule has 1 amide bonds. The molecule has 0 aliphatic rings. The van der Waals surface area contributed by atoms with Crippen molar-refractivity contribution in [2.24, 2.45) is 0 Å². The van der Waals surface area contributed by atoms with Gasteiger partial charge in [0.1, 0.15) is 11.6 Å². The molecule has 0 fully saturated rings. The van der Waals surface area contributed by atoms with Crippen molar-refractivity contribution in [1.82, 2.24) is 20.4 Å². The first-order chi connectivity index (χ1) is 12.1. The van der Waals surface area contributed by atoms with E-state index in [1.54, 1.807) is 36.5 Å². The van der Waals surface area contributed by atoms with E-state index >= 15 is 0 Å². The Kier molecular flexibility index (Phi) is 4.98. The maximum atomic E-state index is 13.8. The molecule has 0 radical (unpaired) electrons. The fraction of sp³-hybridized carbons (Fsp3) is 0.176. The molecule has 128 valence electrons. The summed E-state index contributed by atoms with van der Waals surface area (Å²) < 4.78 is 19.0. The molecule has 0 saturated carbocycles. The number of carbonyl (C=O) groups is 1. The summed E-state index contributed by atoms with van der Waals surface area (Å²) in [6, 6.07) is 9.76. The van der Waals surface area contributed by atoms with Gasteiger partial charge in [-0.1, -0.05) is 17.3 Å². The van der Waals surface area contributed by atoms with Gasteiger partial charge in [0.25, 0.3) is 5.89 Å². The maximum Gasteiger partial charge on any atom is 0.259 e. The highest BCUT2D eigenvalue weighted by molar-refractivity contribution is 5.72. The summed E-state index contributed by atoms with van der Waals surface area (Å²) in [6.45, 7) is 2.53. The molecule has 1 aromatic carbocycles. The van der Waals surface area contributed by atoms with Gasteiger partial charge in [-0.3, -0.25) is 4.79 Å². The minimum absolute atomic E-state index is 0.0767. The van der Waals surface area contributed by atoms with Crippen LogP contribution in [0.5, 0.6) is 0 Å². The summed E-state index contributed by atoms with van der Waals surface area (Å²) in [5.41, 5.74) is 0.907. The monoisotopic (exact) mass is 341 g/mol. The first-order valence-electron chi connectivity index (χ1n) is 7.67. The molecule has 0 saturated heterocycles. The topological polar surface area (TPSA) is 92.9 Å². The van der Waals surface area contributed by atoms with Crippen LogP contribution < -0.4 is 10.6 Å². The van der Waals surface area contributed by atoms with Crippen LogP contribution in [0.4, 0.5) is 10.2 Å². The Labute approximate surface area is 143 Å². The Morgan fingerprint density at radius 3 is 2.76 bits per heavy atom. The van der Waals surface area contributed by atoms with Crippen molar-refractivity contribution in [3.8, 4) is 22.8 Å². The lowest BCUT2D eigenvalue weighted by molar-refractivity contribution is -0.118. The second kappa shape index (κ2) is 7.52. The number of rotatable bonds is 6. The number of halogens is 1. The number of amides is 1. The maximum absolute atomic E-state index is 13.8. The molecule has 0 aliphatic carbocycles. The average Bonchev–Trinajstić information content (AvgIpc) is 3.09.